The zero-order valence-electron chi connectivity index (χ0n) is 11.5. The van der Waals surface area contributed by atoms with Crippen LogP contribution < -0.4 is 0 Å². The molecule has 0 fully saturated rings. The first kappa shape index (κ1) is 12.1. The molecule has 1 unspecified atom stereocenters. The first-order valence-corrected chi connectivity index (χ1v) is 6.38. The van der Waals surface area contributed by atoms with Crippen LogP contribution >= 0.6 is 0 Å². The minimum atomic E-state index is 0.615. The number of benzene rings is 1. The van der Waals surface area contributed by atoms with Crippen molar-refractivity contribution in [2.45, 2.75) is 47.0 Å². The van der Waals surface area contributed by atoms with Crippen LogP contribution in [0.2, 0.25) is 0 Å². The average molecular weight is 227 g/mol. The normalized spacial score (nSPS) is 17.7. The van der Waals surface area contributed by atoms with E-state index in [1.165, 1.54) is 28.7 Å². The second-order valence-corrected chi connectivity index (χ2v) is 5.12. The molecular formula is C16H21N. The van der Waals surface area contributed by atoms with E-state index in [2.05, 4.69) is 44.0 Å². The van der Waals surface area contributed by atoms with Gasteiger partial charge in [0.05, 0.1) is 5.69 Å². The highest BCUT2D eigenvalue weighted by Crippen LogP contribution is 2.41. The van der Waals surface area contributed by atoms with Gasteiger partial charge in [-0.1, -0.05) is 24.6 Å². The predicted octanol–water partition coefficient (Wildman–Crippen LogP) is 5.02. The van der Waals surface area contributed by atoms with Gasteiger partial charge >= 0.3 is 0 Å². The van der Waals surface area contributed by atoms with Gasteiger partial charge in [-0.15, -0.1) is 0 Å². The number of nitrogens with zero attached hydrogens (tertiary/aromatic N) is 1. The highest BCUT2D eigenvalue weighted by Gasteiger charge is 2.22. The Morgan fingerprint density at radius 2 is 1.94 bits per heavy atom. The maximum Gasteiger partial charge on any atom is 0.0664 e. The second-order valence-electron chi connectivity index (χ2n) is 5.12. The smallest absolute Gasteiger partial charge is 0.0664 e. The third kappa shape index (κ3) is 2.06. The van der Waals surface area contributed by atoms with E-state index in [9.17, 15) is 0 Å². The molecule has 1 nitrogen and oxygen atoms in total. The van der Waals surface area contributed by atoms with Crippen LogP contribution in [0, 0.1) is 6.92 Å². The molecule has 0 aliphatic heterocycles. The minimum absolute atomic E-state index is 0.615. The van der Waals surface area contributed by atoms with Crippen LogP contribution in [0.5, 0.6) is 0 Å². The summed E-state index contributed by atoms with van der Waals surface area (Å²) in [5.74, 6) is 0.615. The second kappa shape index (κ2) is 4.48. The molecule has 90 valence electrons. The Kier molecular flexibility index (Phi) is 3.19. The van der Waals surface area contributed by atoms with E-state index >= 15 is 0 Å². The van der Waals surface area contributed by atoms with Crippen molar-refractivity contribution in [3.05, 3.63) is 34.4 Å². The summed E-state index contributed by atoms with van der Waals surface area (Å²) in [6.07, 6.45) is 3.52. The molecular weight excluding hydrogens is 206 g/mol. The van der Waals surface area contributed by atoms with E-state index in [0.717, 1.165) is 11.4 Å². The lowest BCUT2D eigenvalue weighted by molar-refractivity contribution is 0.776. The third-order valence-corrected chi connectivity index (χ3v) is 3.57. The van der Waals surface area contributed by atoms with Crippen molar-refractivity contribution in [2.24, 2.45) is 4.99 Å². The number of rotatable bonds is 2. The fraction of sp³-hybridized carbons (Fsp3) is 0.438. The summed E-state index contributed by atoms with van der Waals surface area (Å²) in [5, 5.41) is 0. The summed E-state index contributed by atoms with van der Waals surface area (Å²) >= 11 is 0. The standard InChI is InChI=1S/C16H21N/c1-6-13-11(4)9-15-12(5)16(17-10(2)3)8-7-14(13)15/h7-9,13H,6H2,1-5H3. The topological polar surface area (TPSA) is 12.4 Å². The van der Waals surface area contributed by atoms with E-state index in [4.69, 9.17) is 0 Å². The molecule has 1 atom stereocenters. The molecule has 1 aromatic rings. The lowest BCUT2D eigenvalue weighted by atomic mass is 9.92. The Labute approximate surface area is 104 Å². The predicted molar refractivity (Wildman–Crippen MR) is 76.3 cm³/mol. The summed E-state index contributed by atoms with van der Waals surface area (Å²) in [6, 6.07) is 4.42. The van der Waals surface area contributed by atoms with Crippen LogP contribution in [0.15, 0.2) is 22.7 Å². The number of fused-ring (bicyclic) bond motifs is 1. The van der Waals surface area contributed by atoms with Gasteiger partial charge in [0.25, 0.3) is 0 Å². The van der Waals surface area contributed by atoms with Gasteiger partial charge < -0.3 is 0 Å². The summed E-state index contributed by atoms with van der Waals surface area (Å²) in [7, 11) is 0. The zero-order valence-corrected chi connectivity index (χ0v) is 11.5. The largest absolute Gasteiger partial charge is 0.258 e. The molecule has 1 aliphatic rings. The molecule has 2 rings (SSSR count). The van der Waals surface area contributed by atoms with Gasteiger partial charge in [-0.25, -0.2) is 0 Å². The fourth-order valence-electron chi connectivity index (χ4n) is 2.71. The van der Waals surface area contributed by atoms with Crippen LogP contribution in [-0.4, -0.2) is 5.71 Å². The molecule has 1 heteroatoms. The molecule has 0 saturated heterocycles. The number of aliphatic imine (C=N–C) groups is 1. The molecule has 1 aliphatic carbocycles. The summed E-state index contributed by atoms with van der Waals surface area (Å²) in [6.45, 7) is 10.8. The van der Waals surface area contributed by atoms with Gasteiger partial charge in [-0.3, -0.25) is 4.99 Å². The number of allylic oxidation sites excluding steroid dienone is 1. The van der Waals surface area contributed by atoms with E-state index in [1.807, 2.05) is 13.8 Å². The van der Waals surface area contributed by atoms with Crippen molar-refractivity contribution in [3.63, 3.8) is 0 Å². The van der Waals surface area contributed by atoms with Crippen LogP contribution in [-0.2, 0) is 0 Å². The van der Waals surface area contributed by atoms with Crippen molar-refractivity contribution in [2.75, 3.05) is 0 Å². The lowest BCUT2D eigenvalue weighted by Gasteiger charge is -2.13. The Bertz CT molecular complexity index is 503. The van der Waals surface area contributed by atoms with Crippen LogP contribution in [0.25, 0.3) is 6.08 Å². The van der Waals surface area contributed by atoms with E-state index < -0.39 is 0 Å². The van der Waals surface area contributed by atoms with Crippen molar-refractivity contribution >= 4 is 17.5 Å². The van der Waals surface area contributed by atoms with Gasteiger partial charge in [0.1, 0.15) is 0 Å². The van der Waals surface area contributed by atoms with Crippen molar-refractivity contribution in [1.29, 1.82) is 0 Å². The third-order valence-electron chi connectivity index (χ3n) is 3.57. The van der Waals surface area contributed by atoms with E-state index in [0.29, 0.717) is 5.92 Å². The maximum atomic E-state index is 4.60. The molecule has 17 heavy (non-hydrogen) atoms. The molecule has 0 spiro atoms. The molecule has 0 N–H and O–H groups in total. The van der Waals surface area contributed by atoms with Crippen molar-refractivity contribution in [1.82, 2.24) is 0 Å². The highest BCUT2D eigenvalue weighted by molar-refractivity contribution is 5.83. The molecule has 0 aromatic heterocycles. The molecule has 0 radical (unpaired) electrons. The first-order chi connectivity index (χ1) is 8.04. The van der Waals surface area contributed by atoms with Gasteiger partial charge in [0.15, 0.2) is 0 Å². The van der Waals surface area contributed by atoms with Crippen molar-refractivity contribution in [3.8, 4) is 0 Å². The fourth-order valence-corrected chi connectivity index (χ4v) is 2.71. The molecule has 1 aromatic carbocycles. The number of hydrogen-bond acceptors (Lipinski definition) is 1. The molecule has 0 amide bonds. The van der Waals surface area contributed by atoms with Crippen LogP contribution in [0.4, 0.5) is 5.69 Å². The highest BCUT2D eigenvalue weighted by atomic mass is 14.7. The summed E-state index contributed by atoms with van der Waals surface area (Å²) in [4.78, 5) is 4.60. The monoisotopic (exact) mass is 227 g/mol. The van der Waals surface area contributed by atoms with E-state index in [-0.39, 0.29) is 0 Å². The maximum absolute atomic E-state index is 4.60. The van der Waals surface area contributed by atoms with Crippen molar-refractivity contribution < 1.29 is 0 Å². The van der Waals surface area contributed by atoms with Crippen LogP contribution in [0.1, 0.15) is 56.7 Å². The lowest BCUT2D eigenvalue weighted by Crippen LogP contribution is -1.96. The quantitative estimate of drug-likeness (QED) is 0.629. The first-order valence-electron chi connectivity index (χ1n) is 6.38. The Balaban J connectivity index is 2.55. The Morgan fingerprint density at radius 3 is 2.53 bits per heavy atom. The molecule has 0 saturated carbocycles. The zero-order chi connectivity index (χ0) is 12.6. The van der Waals surface area contributed by atoms with Gasteiger partial charge in [-0.05, 0) is 56.9 Å². The van der Waals surface area contributed by atoms with Crippen LogP contribution in [0.3, 0.4) is 0 Å². The minimum Gasteiger partial charge on any atom is -0.258 e. The van der Waals surface area contributed by atoms with Gasteiger partial charge in [0.2, 0.25) is 0 Å². The Hall–Kier alpha value is -1.37. The summed E-state index contributed by atoms with van der Waals surface area (Å²) < 4.78 is 0. The summed E-state index contributed by atoms with van der Waals surface area (Å²) in [5.41, 5.74) is 7.91. The number of hydrogen-bond donors (Lipinski definition) is 0. The van der Waals surface area contributed by atoms with Gasteiger partial charge in [0, 0.05) is 11.6 Å². The van der Waals surface area contributed by atoms with E-state index in [1.54, 1.807) is 0 Å². The Morgan fingerprint density at radius 1 is 1.24 bits per heavy atom. The SMILES string of the molecule is CCC1C(C)=Cc2c1ccc(N=C(C)C)c2C. The van der Waals surface area contributed by atoms with Gasteiger partial charge in [-0.2, -0.15) is 0 Å². The molecule has 0 bridgehead atoms. The average Bonchev–Trinajstić information content (AvgIpc) is 2.58. The molecule has 0 heterocycles.